The van der Waals surface area contributed by atoms with Gasteiger partial charge < -0.3 is 14.8 Å². The highest BCUT2D eigenvalue weighted by Crippen LogP contribution is 2.25. The molecule has 7 nitrogen and oxygen atoms in total. The molecule has 2 rings (SSSR count). The van der Waals surface area contributed by atoms with Crippen molar-refractivity contribution in [2.45, 2.75) is 38.9 Å². The van der Waals surface area contributed by atoms with Crippen molar-refractivity contribution in [1.29, 1.82) is 0 Å². The molecule has 2 heterocycles. The van der Waals surface area contributed by atoms with Crippen molar-refractivity contribution >= 4 is 28.3 Å². The van der Waals surface area contributed by atoms with Crippen LogP contribution in [0, 0.1) is 5.92 Å². The Bertz CT molecular complexity index is 463. The molecule has 0 spiro atoms. The second-order valence-electron chi connectivity index (χ2n) is 4.87. The van der Waals surface area contributed by atoms with Crippen molar-refractivity contribution in [3.63, 3.8) is 0 Å². The van der Waals surface area contributed by atoms with Gasteiger partial charge in [0.1, 0.15) is 11.6 Å². The molecule has 0 radical (unpaired) electrons. The predicted octanol–water partition coefficient (Wildman–Crippen LogP) is 1.22. The van der Waals surface area contributed by atoms with E-state index in [0.29, 0.717) is 18.2 Å². The lowest BCUT2D eigenvalue weighted by Crippen LogP contribution is -2.19. The first-order valence-electron chi connectivity index (χ1n) is 6.42. The van der Waals surface area contributed by atoms with Gasteiger partial charge in [-0.3, -0.25) is 9.59 Å². The molecule has 0 bridgehead atoms. The third-order valence-electron chi connectivity index (χ3n) is 2.82. The molecule has 0 aliphatic carbocycles. The Labute approximate surface area is 120 Å². The molecule has 1 amide bonds. The minimum Gasteiger partial charge on any atom is -0.460 e. The first-order valence-corrected chi connectivity index (χ1v) is 7.30. The molecule has 1 N–H and O–H groups in total. The molecule has 1 aliphatic rings. The van der Waals surface area contributed by atoms with Gasteiger partial charge in [-0.05, 0) is 13.8 Å². The van der Waals surface area contributed by atoms with Gasteiger partial charge in [0.15, 0.2) is 0 Å². The summed E-state index contributed by atoms with van der Waals surface area (Å²) in [6, 6.07) is 0. The summed E-state index contributed by atoms with van der Waals surface area (Å²) in [4.78, 5) is 23.5. The van der Waals surface area contributed by atoms with Crippen LogP contribution in [0.2, 0.25) is 0 Å². The van der Waals surface area contributed by atoms with E-state index >= 15 is 0 Å². The predicted molar refractivity (Wildman–Crippen MR) is 72.2 cm³/mol. The number of carbonyl (C=O) groups excluding carboxylic acids is 2. The van der Waals surface area contributed by atoms with Crippen LogP contribution in [0.15, 0.2) is 5.51 Å². The van der Waals surface area contributed by atoms with Gasteiger partial charge in [0.2, 0.25) is 11.0 Å². The fraction of sp³-hybridized carbons (Fsp3) is 0.667. The van der Waals surface area contributed by atoms with E-state index in [-0.39, 0.29) is 30.5 Å². The van der Waals surface area contributed by atoms with Crippen molar-refractivity contribution in [3.05, 3.63) is 5.51 Å². The summed E-state index contributed by atoms with van der Waals surface area (Å²) in [7, 11) is 0. The van der Waals surface area contributed by atoms with Crippen LogP contribution < -0.4 is 5.32 Å². The molecular weight excluding hydrogens is 282 g/mol. The molecule has 0 saturated carbocycles. The highest BCUT2D eigenvalue weighted by Gasteiger charge is 2.36. The molecule has 1 fully saturated rings. The van der Waals surface area contributed by atoms with Crippen molar-refractivity contribution < 1.29 is 19.1 Å². The number of carbonyl (C=O) groups is 2. The maximum absolute atomic E-state index is 11.8. The minimum absolute atomic E-state index is 0.0912. The number of hydrogen-bond acceptors (Lipinski definition) is 7. The molecule has 0 aromatic carbocycles. The standard InChI is InChI=1S/C12H17N3O4S/c1-7(2)18-5-9-3-8(11(17)19-9)4-10(16)14-12-15-13-6-20-12/h6-9H,3-5H2,1-2H3,(H,14,15,16)/t8-,9+/m1/s1. The average molecular weight is 299 g/mol. The van der Waals surface area contributed by atoms with E-state index < -0.39 is 5.92 Å². The highest BCUT2D eigenvalue weighted by molar-refractivity contribution is 7.13. The molecule has 1 aromatic heterocycles. The number of esters is 1. The fourth-order valence-corrected chi connectivity index (χ4v) is 2.37. The van der Waals surface area contributed by atoms with Gasteiger partial charge in [-0.25, -0.2) is 0 Å². The van der Waals surface area contributed by atoms with Gasteiger partial charge in [-0.1, -0.05) is 11.3 Å². The van der Waals surface area contributed by atoms with Crippen molar-refractivity contribution in [2.24, 2.45) is 5.92 Å². The summed E-state index contributed by atoms with van der Waals surface area (Å²) < 4.78 is 10.6. The highest BCUT2D eigenvalue weighted by atomic mass is 32.1. The Hall–Kier alpha value is -1.54. The number of hydrogen-bond donors (Lipinski definition) is 1. The summed E-state index contributed by atoms with van der Waals surface area (Å²) in [6.45, 7) is 4.21. The largest absolute Gasteiger partial charge is 0.460 e. The maximum Gasteiger partial charge on any atom is 0.309 e. The second kappa shape index (κ2) is 6.76. The Morgan fingerprint density at radius 3 is 3.10 bits per heavy atom. The molecule has 1 aliphatic heterocycles. The topological polar surface area (TPSA) is 90.4 Å². The van der Waals surface area contributed by atoms with Crippen LogP contribution in [0.4, 0.5) is 5.13 Å². The van der Waals surface area contributed by atoms with Crippen LogP contribution in [0.3, 0.4) is 0 Å². The van der Waals surface area contributed by atoms with Gasteiger partial charge in [0.05, 0.1) is 18.6 Å². The number of nitrogens with zero attached hydrogens (tertiary/aromatic N) is 2. The lowest BCUT2D eigenvalue weighted by atomic mass is 10.0. The second-order valence-corrected chi connectivity index (χ2v) is 5.70. The van der Waals surface area contributed by atoms with E-state index in [0.717, 1.165) is 0 Å². The quantitative estimate of drug-likeness (QED) is 0.794. The lowest BCUT2D eigenvalue weighted by Gasteiger charge is -2.11. The monoisotopic (exact) mass is 299 g/mol. The number of ether oxygens (including phenoxy) is 2. The van der Waals surface area contributed by atoms with Crippen LogP contribution >= 0.6 is 11.3 Å². The first-order chi connectivity index (χ1) is 9.54. The molecule has 110 valence electrons. The van der Waals surface area contributed by atoms with Crippen LogP contribution in [0.1, 0.15) is 26.7 Å². The summed E-state index contributed by atoms with van der Waals surface area (Å²) in [5.41, 5.74) is 1.53. The van der Waals surface area contributed by atoms with Crippen LogP contribution in [0.25, 0.3) is 0 Å². The van der Waals surface area contributed by atoms with E-state index in [1.807, 2.05) is 13.8 Å². The van der Waals surface area contributed by atoms with Crippen LogP contribution in [-0.2, 0) is 19.1 Å². The van der Waals surface area contributed by atoms with Crippen LogP contribution in [-0.4, -0.2) is 40.9 Å². The first kappa shape index (κ1) is 14.9. The molecule has 1 aromatic rings. The van der Waals surface area contributed by atoms with Gasteiger partial charge >= 0.3 is 5.97 Å². The van der Waals surface area contributed by atoms with E-state index in [9.17, 15) is 9.59 Å². The molecule has 8 heteroatoms. The summed E-state index contributed by atoms with van der Waals surface area (Å²) in [5, 5.41) is 10.4. The summed E-state index contributed by atoms with van der Waals surface area (Å²) in [6.07, 6.45) is 0.434. The zero-order chi connectivity index (χ0) is 14.5. The van der Waals surface area contributed by atoms with E-state index in [1.165, 1.54) is 16.8 Å². The number of rotatable bonds is 6. The Morgan fingerprint density at radius 2 is 2.45 bits per heavy atom. The maximum atomic E-state index is 11.8. The smallest absolute Gasteiger partial charge is 0.309 e. The zero-order valence-corrected chi connectivity index (χ0v) is 12.2. The molecule has 2 atom stereocenters. The van der Waals surface area contributed by atoms with Gasteiger partial charge in [0.25, 0.3) is 0 Å². The number of aromatic nitrogens is 2. The molecule has 1 saturated heterocycles. The lowest BCUT2D eigenvalue weighted by molar-refractivity contribution is -0.147. The fourth-order valence-electron chi connectivity index (χ4n) is 1.91. The number of anilines is 1. The summed E-state index contributed by atoms with van der Waals surface area (Å²) in [5.74, 6) is -1.01. The SMILES string of the molecule is CC(C)OC[C@@H]1C[C@H](CC(=O)Nc2nncs2)C(=O)O1. The van der Waals surface area contributed by atoms with E-state index in [4.69, 9.17) is 9.47 Å². The zero-order valence-electron chi connectivity index (χ0n) is 11.4. The van der Waals surface area contributed by atoms with Gasteiger partial charge in [-0.15, -0.1) is 10.2 Å². The number of nitrogens with one attached hydrogen (secondary N) is 1. The van der Waals surface area contributed by atoms with Crippen molar-refractivity contribution in [2.75, 3.05) is 11.9 Å². The minimum atomic E-state index is -0.413. The molecule has 20 heavy (non-hydrogen) atoms. The van der Waals surface area contributed by atoms with Gasteiger partial charge in [0, 0.05) is 12.8 Å². The number of cyclic esters (lactones) is 1. The Balaban J connectivity index is 1.78. The van der Waals surface area contributed by atoms with Crippen molar-refractivity contribution in [3.8, 4) is 0 Å². The number of amides is 1. The normalized spacial score (nSPS) is 22.1. The molecular formula is C12H17N3O4S. The summed E-state index contributed by atoms with van der Waals surface area (Å²) >= 11 is 1.23. The van der Waals surface area contributed by atoms with E-state index in [2.05, 4.69) is 15.5 Å². The van der Waals surface area contributed by atoms with Crippen molar-refractivity contribution in [1.82, 2.24) is 10.2 Å². The van der Waals surface area contributed by atoms with Gasteiger partial charge in [-0.2, -0.15) is 0 Å². The van der Waals surface area contributed by atoms with E-state index in [1.54, 1.807) is 0 Å². The van der Waals surface area contributed by atoms with Crippen LogP contribution in [0.5, 0.6) is 0 Å². The molecule has 0 unspecified atom stereocenters. The third kappa shape index (κ3) is 4.24. The third-order valence-corrected chi connectivity index (χ3v) is 3.42. The Morgan fingerprint density at radius 1 is 1.65 bits per heavy atom. The average Bonchev–Trinajstić information content (AvgIpc) is 2.98. The Kier molecular flexibility index (Phi) is 5.02.